The van der Waals surface area contributed by atoms with Gasteiger partial charge in [0.15, 0.2) is 0 Å². The fourth-order valence-corrected chi connectivity index (χ4v) is 1.16. The van der Waals surface area contributed by atoms with Crippen LogP contribution in [0.3, 0.4) is 0 Å². The topological polar surface area (TPSA) is 18.5 Å². The van der Waals surface area contributed by atoms with E-state index in [1.54, 1.807) is 0 Å². The van der Waals surface area contributed by atoms with Gasteiger partial charge in [0.2, 0.25) is 0 Å². The van der Waals surface area contributed by atoms with E-state index >= 15 is 0 Å². The predicted molar refractivity (Wildman–Crippen MR) is 72.5 cm³/mol. The van der Waals surface area contributed by atoms with Gasteiger partial charge in [0, 0.05) is 11.5 Å². The Hall–Kier alpha value is -3.90. The summed E-state index contributed by atoms with van der Waals surface area (Å²) in [6.07, 6.45) is -4.94. The minimum Gasteiger partial charge on any atom is -0.455 e. The first-order valence-corrected chi connectivity index (χ1v) is 6.09. The van der Waals surface area contributed by atoms with Crippen molar-refractivity contribution in [3.05, 3.63) is 84.9 Å². The van der Waals surface area contributed by atoms with Gasteiger partial charge in [-0.2, -0.15) is 62.7 Å². The fraction of sp³-hybridized carbons (Fsp3) is 0. The second-order valence-electron chi connectivity index (χ2n) is 3.74. The zero-order valence-corrected chi connectivity index (χ0v) is 18.8. The number of hydrogen-bond acceptors (Lipinski definition) is 2. The molecule has 0 spiro atoms. The maximum atomic E-state index is 12.1. The minimum absolute atomic E-state index is 0. The Labute approximate surface area is 133 Å². The van der Waals surface area contributed by atoms with E-state index in [0.29, 0.717) is 0 Å². The van der Waals surface area contributed by atoms with Gasteiger partial charge in [-0.15, -0.1) is 24.3 Å². The second kappa shape index (κ2) is 10.8. The number of rotatable bonds is 4. The van der Waals surface area contributed by atoms with Crippen LogP contribution in [0.25, 0.3) is 0 Å². The van der Waals surface area contributed by atoms with E-state index in [1.807, 2.05) is 0 Å². The monoisotopic (exact) mass is 613 g/mol. The molecule has 0 saturated heterocycles. The SMILES string of the molecule is FC(F)=C(F)Oc1cc[c-]cc1.FC(F)=C(F)Oc1cc[c-]cc1.[Rf]. The molecule has 0 aliphatic rings. The van der Waals surface area contributed by atoms with Crippen LogP contribution in [0.1, 0.15) is 0 Å². The minimum atomic E-state index is -2.47. The smallest absolute Gasteiger partial charge is 0.342 e. The van der Waals surface area contributed by atoms with Crippen molar-refractivity contribution in [3.63, 3.8) is 0 Å². The van der Waals surface area contributed by atoms with Crippen LogP contribution in [-0.2, 0) is 0 Å². The molecule has 0 atom stereocenters. The molecular weight excluding hydrogens is 605 g/mol. The number of halogens is 6. The van der Waals surface area contributed by atoms with E-state index in [1.165, 1.54) is 48.5 Å². The summed E-state index contributed by atoms with van der Waals surface area (Å²) >= 11 is 0. The van der Waals surface area contributed by atoms with Crippen LogP contribution in [0.4, 0.5) is 26.3 Å². The molecular formula is C16H8F6O2Rf-2. The van der Waals surface area contributed by atoms with E-state index in [4.69, 9.17) is 0 Å². The Bertz CT molecular complexity index is 623. The molecule has 2 aromatic carbocycles. The molecule has 0 aliphatic carbocycles. The van der Waals surface area contributed by atoms with E-state index in [0.717, 1.165) is 0 Å². The summed E-state index contributed by atoms with van der Waals surface area (Å²) in [6.45, 7) is 0. The summed E-state index contributed by atoms with van der Waals surface area (Å²) < 4.78 is 78.4. The van der Waals surface area contributed by atoms with Crippen LogP contribution in [-0.4, -0.2) is 0 Å². The average Bonchev–Trinajstić information content (AvgIpc) is 2.57. The molecule has 9 heteroatoms. The van der Waals surface area contributed by atoms with Crippen molar-refractivity contribution in [2.75, 3.05) is 0 Å². The van der Waals surface area contributed by atoms with Crippen molar-refractivity contribution in [1.82, 2.24) is 0 Å². The normalized spacial score (nSPS) is 8.88. The average molecular weight is 613 g/mol. The zero-order valence-electron chi connectivity index (χ0n) is 12.4. The van der Waals surface area contributed by atoms with Gasteiger partial charge in [0.1, 0.15) is 0 Å². The van der Waals surface area contributed by atoms with Gasteiger partial charge >= 0.3 is 24.2 Å². The summed E-state index contributed by atoms with van der Waals surface area (Å²) in [5.74, 6) is 0.0260. The molecule has 0 heterocycles. The van der Waals surface area contributed by atoms with Crippen molar-refractivity contribution in [2.24, 2.45) is 0 Å². The van der Waals surface area contributed by atoms with Crippen LogP contribution >= 0.6 is 0 Å². The first-order valence-electron chi connectivity index (χ1n) is 6.09. The van der Waals surface area contributed by atoms with Gasteiger partial charge in [-0.3, -0.25) is 0 Å². The van der Waals surface area contributed by atoms with Crippen LogP contribution in [0.5, 0.6) is 11.5 Å². The molecule has 0 radical (unpaired) electrons. The number of hydrogen-bond donors (Lipinski definition) is 0. The summed E-state index contributed by atoms with van der Waals surface area (Å²) in [6, 6.07) is 12.5. The Morgan fingerprint density at radius 3 is 1.12 bits per heavy atom. The molecule has 0 bridgehead atoms. The number of benzene rings is 2. The maximum Gasteiger partial charge on any atom is 0.342 e. The molecule has 0 N–H and O–H groups in total. The quantitative estimate of drug-likeness (QED) is 0.247. The molecule has 2 nitrogen and oxygen atoms in total. The van der Waals surface area contributed by atoms with Gasteiger partial charge in [0.05, 0.1) is 0 Å². The largest absolute Gasteiger partial charge is 0.455 e. The summed E-state index contributed by atoms with van der Waals surface area (Å²) in [5, 5.41) is 0. The van der Waals surface area contributed by atoms with E-state index in [9.17, 15) is 26.3 Å². The maximum absolute atomic E-state index is 12.1. The van der Waals surface area contributed by atoms with Crippen LogP contribution < -0.4 is 9.47 Å². The first kappa shape index (κ1) is 21.1. The molecule has 2 rings (SSSR count). The molecule has 0 saturated carbocycles. The third-order valence-corrected chi connectivity index (χ3v) is 2.09. The first-order chi connectivity index (χ1) is 11.4. The van der Waals surface area contributed by atoms with Gasteiger partial charge < -0.3 is 9.47 Å². The van der Waals surface area contributed by atoms with Crippen LogP contribution in [0, 0.1) is 12.1 Å². The van der Waals surface area contributed by atoms with Crippen molar-refractivity contribution >= 4 is 0 Å². The fourth-order valence-electron chi connectivity index (χ4n) is 1.16. The molecule has 130 valence electrons. The van der Waals surface area contributed by atoms with Crippen LogP contribution in [0.2, 0.25) is 0 Å². The van der Waals surface area contributed by atoms with Gasteiger partial charge in [-0.1, -0.05) is 0 Å². The van der Waals surface area contributed by atoms with E-state index in [2.05, 4.69) is 21.6 Å². The standard InChI is InChI=1S/2C8H4F3O.Rf/c2*9-7(10)8(11)12-6-4-2-1-3-5-6;/h2*2-5H;/q2*-1;. The molecule has 0 unspecified atom stereocenters. The third-order valence-electron chi connectivity index (χ3n) is 2.09. The molecule has 25 heavy (non-hydrogen) atoms. The van der Waals surface area contributed by atoms with Crippen molar-refractivity contribution in [1.29, 1.82) is 0 Å². The van der Waals surface area contributed by atoms with Gasteiger partial charge in [-0.05, 0) is 0 Å². The molecule has 0 aromatic heterocycles. The summed E-state index contributed by atoms with van der Waals surface area (Å²) in [5.41, 5.74) is 0. The predicted octanol–water partition coefficient (Wildman–Crippen LogP) is 5.80. The molecule has 0 amide bonds. The van der Waals surface area contributed by atoms with Crippen molar-refractivity contribution < 1.29 is 35.8 Å². The summed E-state index contributed by atoms with van der Waals surface area (Å²) in [7, 11) is 0. The Kier molecular flexibility index (Phi) is 9.08. The third kappa shape index (κ3) is 8.34. The number of ether oxygens (including phenoxy) is 2. The van der Waals surface area contributed by atoms with E-state index in [-0.39, 0.29) is 11.5 Å². The zero-order chi connectivity index (χ0) is 17.9. The Morgan fingerprint density at radius 2 is 0.880 bits per heavy atom. The Morgan fingerprint density at radius 1 is 0.600 bits per heavy atom. The van der Waals surface area contributed by atoms with E-state index < -0.39 is 24.2 Å². The molecule has 0 aliphatic heterocycles. The van der Waals surface area contributed by atoms with Crippen molar-refractivity contribution in [3.8, 4) is 11.5 Å². The summed E-state index contributed by atoms with van der Waals surface area (Å²) in [4.78, 5) is 0. The Balaban J connectivity index is 0.000000443. The second-order valence-corrected chi connectivity index (χ2v) is 3.74. The van der Waals surface area contributed by atoms with Gasteiger partial charge in [-0.25, -0.2) is 0 Å². The molecule has 2 aromatic rings. The van der Waals surface area contributed by atoms with Gasteiger partial charge in [0.25, 0.3) is 0 Å². The van der Waals surface area contributed by atoms with Crippen LogP contribution in [0.15, 0.2) is 72.7 Å². The van der Waals surface area contributed by atoms with Crippen molar-refractivity contribution in [2.45, 2.75) is 0 Å². The molecule has 0 fully saturated rings.